The highest BCUT2D eigenvalue weighted by Gasteiger charge is 2.35. The minimum atomic E-state index is -0.300. The van der Waals surface area contributed by atoms with Crippen LogP contribution in [0.25, 0.3) is 0 Å². The van der Waals surface area contributed by atoms with Crippen molar-refractivity contribution in [2.24, 2.45) is 5.41 Å². The quantitative estimate of drug-likeness (QED) is 0.880. The molecule has 6 heteroatoms. The van der Waals surface area contributed by atoms with E-state index in [-0.39, 0.29) is 23.7 Å². The number of aromatic nitrogens is 1. The van der Waals surface area contributed by atoms with Crippen LogP contribution in [0.3, 0.4) is 0 Å². The van der Waals surface area contributed by atoms with Crippen molar-refractivity contribution in [3.8, 4) is 0 Å². The largest absolute Gasteiger partial charge is 0.316 e. The third-order valence-corrected chi connectivity index (χ3v) is 4.38. The minimum Gasteiger partial charge on any atom is -0.316 e. The molecule has 2 rings (SSSR count). The van der Waals surface area contributed by atoms with Crippen LogP contribution in [0.5, 0.6) is 0 Å². The summed E-state index contributed by atoms with van der Waals surface area (Å²) in [6, 6.07) is 0. The molecule has 0 saturated carbocycles. The van der Waals surface area contributed by atoms with Gasteiger partial charge >= 0.3 is 0 Å². The van der Waals surface area contributed by atoms with Crippen molar-refractivity contribution in [1.29, 1.82) is 0 Å². The molecule has 1 aromatic rings. The van der Waals surface area contributed by atoms with Gasteiger partial charge in [0.15, 0.2) is 5.13 Å². The molecule has 1 amide bonds. The topological polar surface area (TPSA) is 54.0 Å². The summed E-state index contributed by atoms with van der Waals surface area (Å²) in [7, 11) is 0. The van der Waals surface area contributed by atoms with Crippen LogP contribution in [-0.2, 0) is 4.79 Å². The van der Waals surface area contributed by atoms with Gasteiger partial charge in [0.2, 0.25) is 5.91 Å². The highest BCUT2D eigenvalue weighted by Crippen LogP contribution is 2.29. The third kappa shape index (κ3) is 3.22. The van der Waals surface area contributed by atoms with Gasteiger partial charge < -0.3 is 10.6 Å². The van der Waals surface area contributed by atoms with Crippen LogP contribution < -0.4 is 10.6 Å². The zero-order valence-corrected chi connectivity index (χ0v) is 12.6. The van der Waals surface area contributed by atoms with Crippen molar-refractivity contribution in [3.63, 3.8) is 0 Å². The van der Waals surface area contributed by atoms with Crippen LogP contribution in [0.15, 0.2) is 0 Å². The maximum Gasteiger partial charge on any atom is 0.233 e. The smallest absolute Gasteiger partial charge is 0.233 e. The number of nitrogens with zero attached hydrogens (tertiary/aromatic N) is 1. The summed E-state index contributed by atoms with van der Waals surface area (Å²) in [5, 5.41) is 6.94. The second-order valence-corrected chi connectivity index (χ2v) is 6.16. The molecule has 18 heavy (non-hydrogen) atoms. The summed E-state index contributed by atoms with van der Waals surface area (Å²) in [6.45, 7) is 7.76. The Labute approximate surface area is 118 Å². The van der Waals surface area contributed by atoms with Gasteiger partial charge in [0, 0.05) is 11.4 Å². The van der Waals surface area contributed by atoms with Gasteiger partial charge in [-0.25, -0.2) is 4.98 Å². The average molecular weight is 290 g/mol. The van der Waals surface area contributed by atoms with Crippen LogP contribution in [0.2, 0.25) is 0 Å². The first kappa shape index (κ1) is 15.4. The maximum absolute atomic E-state index is 12.2. The molecule has 4 nitrogen and oxygen atoms in total. The van der Waals surface area contributed by atoms with Crippen LogP contribution in [0, 0.1) is 19.3 Å². The number of carbonyl (C=O) groups excluding carboxylic acids is 1. The molecular weight excluding hydrogens is 270 g/mol. The van der Waals surface area contributed by atoms with Crippen molar-refractivity contribution in [3.05, 3.63) is 10.6 Å². The van der Waals surface area contributed by atoms with Crippen molar-refractivity contribution in [2.75, 3.05) is 18.4 Å². The number of rotatable bonds is 2. The molecule has 1 fully saturated rings. The summed E-state index contributed by atoms with van der Waals surface area (Å²) >= 11 is 1.54. The first-order valence-corrected chi connectivity index (χ1v) is 6.79. The van der Waals surface area contributed by atoms with Gasteiger partial charge in [-0.05, 0) is 40.2 Å². The lowest BCUT2D eigenvalue weighted by Gasteiger charge is -2.32. The molecule has 1 aromatic heterocycles. The van der Waals surface area contributed by atoms with Crippen molar-refractivity contribution in [1.82, 2.24) is 10.3 Å². The average Bonchev–Trinajstić information content (AvgIpc) is 2.59. The van der Waals surface area contributed by atoms with Crippen molar-refractivity contribution >= 4 is 34.8 Å². The standard InChI is InChI=1S/C12H19N3OS.ClH/c1-8-9(2)17-11(14-8)15-10(16)12(3)5-4-6-13-7-12;/h13H,4-7H2,1-3H3,(H,14,15,16);1H. The fraction of sp³-hybridized carbons (Fsp3) is 0.667. The van der Waals surface area contributed by atoms with E-state index in [1.54, 1.807) is 11.3 Å². The number of aryl methyl sites for hydroxylation is 2. The lowest BCUT2D eigenvalue weighted by atomic mass is 9.82. The van der Waals surface area contributed by atoms with Gasteiger partial charge in [0.1, 0.15) is 0 Å². The maximum atomic E-state index is 12.2. The summed E-state index contributed by atoms with van der Waals surface area (Å²) in [5.41, 5.74) is 0.698. The van der Waals surface area contributed by atoms with E-state index in [0.717, 1.165) is 41.6 Å². The molecule has 1 aliphatic heterocycles. The number of hydrogen-bond donors (Lipinski definition) is 2. The third-order valence-electron chi connectivity index (χ3n) is 3.39. The van der Waals surface area contributed by atoms with Gasteiger partial charge in [-0.2, -0.15) is 0 Å². The second kappa shape index (κ2) is 5.99. The second-order valence-electron chi connectivity index (χ2n) is 4.96. The van der Waals surface area contributed by atoms with Gasteiger partial charge in [-0.15, -0.1) is 23.7 Å². The Hall–Kier alpha value is -0.650. The lowest BCUT2D eigenvalue weighted by molar-refractivity contribution is -0.125. The predicted octanol–water partition coefficient (Wildman–Crippen LogP) is 2.51. The number of halogens is 1. The molecule has 1 atom stereocenters. The fourth-order valence-corrected chi connectivity index (χ4v) is 2.83. The first-order valence-electron chi connectivity index (χ1n) is 5.97. The summed E-state index contributed by atoms with van der Waals surface area (Å²) in [4.78, 5) is 17.7. The van der Waals surface area contributed by atoms with Gasteiger partial charge in [-0.3, -0.25) is 4.79 Å². The zero-order chi connectivity index (χ0) is 12.5. The van der Waals surface area contributed by atoms with E-state index in [9.17, 15) is 4.79 Å². The Morgan fingerprint density at radius 2 is 2.22 bits per heavy atom. The van der Waals surface area contributed by atoms with Crippen LogP contribution in [0.4, 0.5) is 5.13 Å². The SMILES string of the molecule is Cc1nc(NC(=O)C2(C)CCCNC2)sc1C.Cl. The Kier molecular flexibility index (Phi) is 5.13. The first-order chi connectivity index (χ1) is 8.01. The monoisotopic (exact) mass is 289 g/mol. The molecule has 0 bridgehead atoms. The number of hydrogen-bond acceptors (Lipinski definition) is 4. The highest BCUT2D eigenvalue weighted by atomic mass is 35.5. The van der Waals surface area contributed by atoms with Crippen molar-refractivity contribution < 1.29 is 4.79 Å². The number of piperidine rings is 1. The van der Waals surface area contributed by atoms with Crippen molar-refractivity contribution in [2.45, 2.75) is 33.6 Å². The van der Waals surface area contributed by atoms with E-state index in [0.29, 0.717) is 0 Å². The Bertz CT molecular complexity index is 407. The summed E-state index contributed by atoms with van der Waals surface area (Å²) in [5.74, 6) is 0.0819. The van der Waals surface area contributed by atoms with E-state index in [4.69, 9.17) is 0 Å². The number of nitrogens with one attached hydrogen (secondary N) is 2. The molecule has 102 valence electrons. The molecule has 0 aliphatic carbocycles. The van der Waals surface area contributed by atoms with E-state index < -0.39 is 0 Å². The predicted molar refractivity (Wildman–Crippen MR) is 77.7 cm³/mol. The zero-order valence-electron chi connectivity index (χ0n) is 11.0. The van der Waals surface area contributed by atoms with E-state index in [2.05, 4.69) is 15.6 Å². The number of thiazole rings is 1. The molecule has 1 aliphatic rings. The molecule has 2 heterocycles. The fourth-order valence-electron chi connectivity index (χ4n) is 2.02. The molecule has 0 aromatic carbocycles. The number of anilines is 1. The van der Waals surface area contributed by atoms with Gasteiger partial charge in [0.25, 0.3) is 0 Å². The molecule has 2 N–H and O–H groups in total. The van der Waals surface area contributed by atoms with Gasteiger partial charge in [0.05, 0.1) is 11.1 Å². The van der Waals surface area contributed by atoms with Crippen LogP contribution in [0.1, 0.15) is 30.3 Å². The summed E-state index contributed by atoms with van der Waals surface area (Å²) < 4.78 is 0. The molecule has 0 spiro atoms. The molecular formula is C12H20ClN3OS. The Morgan fingerprint density at radius 3 is 2.72 bits per heavy atom. The number of amides is 1. The molecule has 1 unspecified atom stereocenters. The van der Waals surface area contributed by atoms with Gasteiger partial charge in [-0.1, -0.05) is 0 Å². The number of carbonyl (C=O) groups is 1. The Morgan fingerprint density at radius 1 is 1.50 bits per heavy atom. The lowest BCUT2D eigenvalue weighted by Crippen LogP contribution is -2.46. The van der Waals surface area contributed by atoms with E-state index in [1.807, 2.05) is 20.8 Å². The molecule has 1 saturated heterocycles. The highest BCUT2D eigenvalue weighted by molar-refractivity contribution is 7.15. The Balaban J connectivity index is 0.00000162. The normalized spacial score (nSPS) is 23.3. The van der Waals surface area contributed by atoms with E-state index >= 15 is 0 Å². The summed E-state index contributed by atoms with van der Waals surface area (Å²) in [6.07, 6.45) is 2.00. The minimum absolute atomic E-state index is 0. The molecule has 0 radical (unpaired) electrons. The van der Waals surface area contributed by atoms with Crippen LogP contribution in [-0.4, -0.2) is 24.0 Å². The van der Waals surface area contributed by atoms with Crippen LogP contribution >= 0.6 is 23.7 Å². The van der Waals surface area contributed by atoms with E-state index in [1.165, 1.54) is 0 Å².